The number of anilines is 1. The van der Waals surface area contributed by atoms with Crippen LogP contribution in [0.3, 0.4) is 0 Å². The average Bonchev–Trinajstić information content (AvgIpc) is 2.88. The highest BCUT2D eigenvalue weighted by Gasteiger charge is 2.09. The molecule has 1 aromatic carbocycles. The van der Waals surface area contributed by atoms with Crippen LogP contribution >= 0.6 is 0 Å². The van der Waals surface area contributed by atoms with Gasteiger partial charge in [0.1, 0.15) is 5.69 Å². The highest BCUT2D eigenvalue weighted by atomic mass is 16.2. The predicted molar refractivity (Wildman–Crippen MR) is 88.1 cm³/mol. The monoisotopic (exact) mass is 308 g/mol. The molecule has 0 bridgehead atoms. The second-order valence-electron chi connectivity index (χ2n) is 5.26. The van der Waals surface area contributed by atoms with Crippen LogP contribution in [0.2, 0.25) is 0 Å². The Balaban J connectivity index is 1.82. The molecule has 116 valence electrons. The van der Waals surface area contributed by atoms with E-state index in [1.165, 1.54) is 18.5 Å². The number of carbonyl (C=O) groups excluding carboxylic acids is 1. The van der Waals surface area contributed by atoms with Gasteiger partial charge in [0.2, 0.25) is 5.43 Å². The van der Waals surface area contributed by atoms with E-state index in [1.807, 2.05) is 36.7 Å². The number of pyridine rings is 1. The molecule has 2 aromatic heterocycles. The summed E-state index contributed by atoms with van der Waals surface area (Å²) in [6.45, 7) is 3.91. The fourth-order valence-corrected chi connectivity index (χ4v) is 2.35. The Morgan fingerprint density at radius 1 is 1.17 bits per heavy atom. The van der Waals surface area contributed by atoms with Gasteiger partial charge in [-0.2, -0.15) is 5.10 Å². The van der Waals surface area contributed by atoms with Gasteiger partial charge >= 0.3 is 0 Å². The topological polar surface area (TPSA) is 79.8 Å². The largest absolute Gasteiger partial charge is 0.366 e. The van der Waals surface area contributed by atoms with Crippen LogP contribution in [-0.2, 0) is 0 Å². The van der Waals surface area contributed by atoms with E-state index in [4.69, 9.17) is 0 Å². The molecular weight excluding hydrogens is 292 g/mol. The van der Waals surface area contributed by atoms with Crippen molar-refractivity contribution in [3.63, 3.8) is 0 Å². The van der Waals surface area contributed by atoms with Crippen LogP contribution in [0.25, 0.3) is 5.69 Å². The lowest BCUT2D eigenvalue weighted by Gasteiger charge is -2.07. The van der Waals surface area contributed by atoms with E-state index in [9.17, 15) is 9.59 Å². The fourth-order valence-electron chi connectivity index (χ4n) is 2.35. The number of amides is 1. The number of nitrogens with zero attached hydrogens (tertiary/aromatic N) is 2. The Hall–Kier alpha value is -3.15. The third-order valence-electron chi connectivity index (χ3n) is 3.46. The minimum atomic E-state index is -0.332. The third-order valence-corrected chi connectivity index (χ3v) is 3.46. The number of aryl methyl sites for hydroxylation is 2. The van der Waals surface area contributed by atoms with E-state index in [0.717, 1.165) is 17.1 Å². The number of hydrogen-bond acceptors (Lipinski definition) is 3. The van der Waals surface area contributed by atoms with Crippen molar-refractivity contribution in [2.24, 2.45) is 0 Å². The van der Waals surface area contributed by atoms with Crippen LogP contribution in [0, 0.1) is 13.8 Å². The van der Waals surface area contributed by atoms with Gasteiger partial charge in [-0.25, -0.2) is 4.68 Å². The summed E-state index contributed by atoms with van der Waals surface area (Å²) < 4.78 is 1.82. The number of hydrogen-bond donors (Lipinski definition) is 2. The van der Waals surface area contributed by atoms with Crippen LogP contribution in [0.4, 0.5) is 5.69 Å². The average molecular weight is 308 g/mol. The summed E-state index contributed by atoms with van der Waals surface area (Å²) in [6.07, 6.45) is 2.98. The Morgan fingerprint density at radius 3 is 2.52 bits per heavy atom. The number of benzene rings is 1. The first kappa shape index (κ1) is 14.8. The zero-order valence-corrected chi connectivity index (χ0v) is 12.8. The molecular formula is C17H16N4O2. The van der Waals surface area contributed by atoms with Gasteiger partial charge in [-0.3, -0.25) is 9.59 Å². The number of carbonyl (C=O) groups is 1. The van der Waals surface area contributed by atoms with Gasteiger partial charge in [0.05, 0.1) is 11.4 Å². The van der Waals surface area contributed by atoms with Crippen LogP contribution in [-0.4, -0.2) is 20.7 Å². The van der Waals surface area contributed by atoms with Crippen molar-refractivity contribution in [1.82, 2.24) is 14.8 Å². The van der Waals surface area contributed by atoms with E-state index in [-0.39, 0.29) is 17.0 Å². The molecule has 0 saturated carbocycles. The molecule has 0 spiro atoms. The summed E-state index contributed by atoms with van der Waals surface area (Å²) in [6, 6.07) is 10.4. The van der Waals surface area contributed by atoms with Gasteiger partial charge in [-0.15, -0.1) is 0 Å². The smallest absolute Gasteiger partial charge is 0.255 e. The van der Waals surface area contributed by atoms with Gasteiger partial charge in [-0.1, -0.05) is 0 Å². The summed E-state index contributed by atoms with van der Waals surface area (Å²) in [5.41, 5.74) is 3.29. The first-order valence-electron chi connectivity index (χ1n) is 7.17. The molecule has 0 radical (unpaired) electrons. The second kappa shape index (κ2) is 5.92. The van der Waals surface area contributed by atoms with Crippen LogP contribution in [0.1, 0.15) is 21.7 Å². The van der Waals surface area contributed by atoms with E-state index < -0.39 is 0 Å². The Bertz CT molecular complexity index is 907. The normalized spacial score (nSPS) is 10.5. The fraction of sp³-hybridized carbons (Fsp3) is 0.118. The van der Waals surface area contributed by atoms with Crippen LogP contribution in [0.15, 0.2) is 53.6 Å². The number of rotatable bonds is 3. The highest BCUT2D eigenvalue weighted by Crippen LogP contribution is 2.13. The number of nitrogens with one attached hydrogen (secondary N) is 2. The Morgan fingerprint density at radius 2 is 1.91 bits per heavy atom. The molecule has 0 aliphatic carbocycles. The van der Waals surface area contributed by atoms with Gasteiger partial charge in [0, 0.05) is 29.7 Å². The lowest BCUT2D eigenvalue weighted by Crippen LogP contribution is -2.18. The van der Waals surface area contributed by atoms with Crippen molar-refractivity contribution in [3.8, 4) is 5.69 Å². The quantitative estimate of drug-likeness (QED) is 0.780. The summed E-state index contributed by atoms with van der Waals surface area (Å²) in [5, 5.41) is 7.00. The van der Waals surface area contributed by atoms with E-state index >= 15 is 0 Å². The lowest BCUT2D eigenvalue weighted by atomic mass is 10.2. The minimum Gasteiger partial charge on any atom is -0.366 e. The molecule has 23 heavy (non-hydrogen) atoms. The third kappa shape index (κ3) is 3.06. The molecule has 0 atom stereocenters. The molecule has 2 N–H and O–H groups in total. The zero-order chi connectivity index (χ0) is 16.4. The molecule has 0 unspecified atom stereocenters. The Labute approximate surface area is 132 Å². The summed E-state index contributed by atoms with van der Waals surface area (Å²) in [4.78, 5) is 26.6. The number of H-pyrrole nitrogens is 1. The van der Waals surface area contributed by atoms with E-state index in [1.54, 1.807) is 12.1 Å². The molecule has 3 rings (SSSR count). The maximum Gasteiger partial charge on any atom is 0.255 e. The Kier molecular flexibility index (Phi) is 3.80. The zero-order valence-electron chi connectivity index (χ0n) is 12.8. The molecule has 6 nitrogen and oxygen atoms in total. The number of aromatic amines is 1. The van der Waals surface area contributed by atoms with Gasteiger partial charge < -0.3 is 10.3 Å². The van der Waals surface area contributed by atoms with Crippen LogP contribution in [0.5, 0.6) is 0 Å². The van der Waals surface area contributed by atoms with Gasteiger partial charge in [0.25, 0.3) is 5.91 Å². The van der Waals surface area contributed by atoms with Crippen molar-refractivity contribution < 1.29 is 4.79 Å². The molecule has 2 heterocycles. The molecule has 0 fully saturated rings. The highest BCUT2D eigenvalue weighted by molar-refractivity contribution is 6.04. The van der Waals surface area contributed by atoms with Crippen molar-refractivity contribution in [1.29, 1.82) is 0 Å². The first-order valence-corrected chi connectivity index (χ1v) is 7.17. The van der Waals surface area contributed by atoms with Gasteiger partial charge in [-0.05, 0) is 44.2 Å². The molecule has 3 aromatic rings. The lowest BCUT2D eigenvalue weighted by molar-refractivity contribution is 0.102. The molecule has 1 amide bonds. The van der Waals surface area contributed by atoms with Crippen molar-refractivity contribution in [2.45, 2.75) is 13.8 Å². The second-order valence-corrected chi connectivity index (χ2v) is 5.26. The molecule has 0 saturated heterocycles. The van der Waals surface area contributed by atoms with Crippen molar-refractivity contribution in [3.05, 3.63) is 76.0 Å². The molecule has 0 aliphatic heterocycles. The maximum atomic E-state index is 12.2. The first-order chi connectivity index (χ1) is 11.0. The summed E-state index contributed by atoms with van der Waals surface area (Å²) in [7, 11) is 0. The molecule has 6 heteroatoms. The van der Waals surface area contributed by atoms with Crippen molar-refractivity contribution >= 4 is 11.6 Å². The minimum absolute atomic E-state index is 0.222. The van der Waals surface area contributed by atoms with E-state index in [0.29, 0.717) is 5.56 Å². The van der Waals surface area contributed by atoms with Crippen molar-refractivity contribution in [2.75, 3.05) is 5.32 Å². The summed E-state index contributed by atoms with van der Waals surface area (Å²) >= 11 is 0. The predicted octanol–water partition coefficient (Wildman–Crippen LogP) is 2.43. The van der Waals surface area contributed by atoms with Gasteiger partial charge in [0.15, 0.2) is 0 Å². The van der Waals surface area contributed by atoms with E-state index in [2.05, 4.69) is 15.4 Å². The van der Waals surface area contributed by atoms with Crippen LogP contribution < -0.4 is 10.7 Å². The molecule has 0 aliphatic rings. The number of aromatic nitrogens is 3. The summed E-state index contributed by atoms with van der Waals surface area (Å²) in [5.74, 6) is -0.332. The standard InChI is InChI=1S/C17H16N4O2/c1-11-9-12(2)21(20-11)14-5-3-13(4-6-14)17(23)19-15-10-18-8-7-16(15)22/h3-10H,1-2H3,(H,18,22)(H,19,23). The maximum absolute atomic E-state index is 12.2. The SMILES string of the molecule is Cc1cc(C)n(-c2ccc(C(=O)Nc3c[nH]ccc3=O)cc2)n1.